The molecule has 1 N–H and O–H groups in total. The fraction of sp³-hybridized carbons (Fsp3) is 0.214. The van der Waals surface area contributed by atoms with Crippen molar-refractivity contribution in [1.82, 2.24) is 10.2 Å². The Morgan fingerprint density at radius 2 is 1.92 bits per heavy atom. The van der Waals surface area contributed by atoms with Gasteiger partial charge in [-0.15, -0.1) is 22.0 Å². The highest BCUT2D eigenvalue weighted by Crippen LogP contribution is 2.31. The first-order chi connectivity index (χ1) is 18.1. The Hall–Kier alpha value is -3.87. The number of benzene rings is 3. The summed E-state index contributed by atoms with van der Waals surface area (Å²) in [7, 11) is 0. The number of aryl methyl sites for hydroxylation is 1. The molecule has 0 saturated heterocycles. The number of anilines is 1. The zero-order valence-electron chi connectivity index (χ0n) is 20.6. The second-order valence-electron chi connectivity index (χ2n) is 7.79. The molecule has 1 aromatic heterocycles. The zero-order valence-corrected chi connectivity index (χ0v) is 22.2. The lowest BCUT2D eigenvalue weighted by molar-refractivity contribution is -0.112. The van der Waals surface area contributed by atoms with Crippen molar-refractivity contribution in [2.75, 3.05) is 24.3 Å². The molecule has 0 aliphatic heterocycles. The summed E-state index contributed by atoms with van der Waals surface area (Å²) in [5.41, 5.74) is 0.606. The number of ether oxygens (including phenoxy) is 2. The number of amides is 1. The fourth-order valence-electron chi connectivity index (χ4n) is 3.55. The van der Waals surface area contributed by atoms with E-state index in [0.29, 0.717) is 35.4 Å². The lowest BCUT2D eigenvalue weighted by atomic mass is 10.1. The molecule has 0 radical (unpaired) electrons. The van der Waals surface area contributed by atoms with Crippen LogP contribution in [0.2, 0.25) is 0 Å². The SMILES string of the molecule is CCOc1cc(C=C(C#N)C(=O)Nc2nnc(CC)s2)ccc1OCCSc1cccc2ccccc12. The van der Waals surface area contributed by atoms with Crippen LogP contribution in [0.3, 0.4) is 0 Å². The first-order valence-corrected chi connectivity index (χ1v) is 13.7. The predicted octanol–water partition coefficient (Wildman–Crippen LogP) is 6.37. The molecule has 1 heterocycles. The van der Waals surface area contributed by atoms with Crippen molar-refractivity contribution in [2.24, 2.45) is 0 Å². The number of rotatable bonds is 11. The van der Waals surface area contributed by atoms with Gasteiger partial charge in [-0.2, -0.15) is 5.26 Å². The number of nitriles is 1. The van der Waals surface area contributed by atoms with Crippen LogP contribution >= 0.6 is 23.1 Å². The van der Waals surface area contributed by atoms with Gasteiger partial charge in [0, 0.05) is 10.6 Å². The third kappa shape index (κ3) is 6.88. The van der Waals surface area contributed by atoms with E-state index in [1.807, 2.05) is 32.0 Å². The number of hydrogen-bond donors (Lipinski definition) is 1. The molecule has 0 unspecified atom stereocenters. The molecule has 0 saturated carbocycles. The lowest BCUT2D eigenvalue weighted by Crippen LogP contribution is -2.13. The summed E-state index contributed by atoms with van der Waals surface area (Å²) in [6, 6.07) is 21.9. The second-order valence-corrected chi connectivity index (χ2v) is 9.99. The molecular weight excluding hydrogens is 504 g/mol. The molecule has 188 valence electrons. The highest BCUT2D eigenvalue weighted by molar-refractivity contribution is 7.99. The normalized spacial score (nSPS) is 11.2. The number of fused-ring (bicyclic) bond motifs is 1. The monoisotopic (exact) mass is 530 g/mol. The largest absolute Gasteiger partial charge is 0.490 e. The van der Waals surface area contributed by atoms with Gasteiger partial charge < -0.3 is 9.47 Å². The van der Waals surface area contributed by atoms with Crippen LogP contribution in [-0.2, 0) is 11.2 Å². The predicted molar refractivity (Wildman–Crippen MR) is 149 cm³/mol. The van der Waals surface area contributed by atoms with Gasteiger partial charge in [-0.25, -0.2) is 0 Å². The van der Waals surface area contributed by atoms with Crippen LogP contribution in [0.5, 0.6) is 11.5 Å². The molecule has 9 heteroatoms. The second kappa shape index (κ2) is 12.9. The molecule has 0 atom stereocenters. The minimum absolute atomic E-state index is 0.0455. The Kier molecular flexibility index (Phi) is 9.13. The van der Waals surface area contributed by atoms with Gasteiger partial charge in [0.1, 0.15) is 16.6 Å². The molecule has 37 heavy (non-hydrogen) atoms. The third-order valence-corrected chi connectivity index (χ3v) is 7.30. The fourth-order valence-corrected chi connectivity index (χ4v) is 5.13. The Balaban J connectivity index is 1.41. The van der Waals surface area contributed by atoms with Crippen LogP contribution in [0.15, 0.2) is 71.1 Å². The van der Waals surface area contributed by atoms with Gasteiger partial charge in [0.2, 0.25) is 5.13 Å². The van der Waals surface area contributed by atoms with E-state index in [9.17, 15) is 10.1 Å². The molecule has 4 rings (SSSR count). The van der Waals surface area contributed by atoms with Crippen LogP contribution in [0.4, 0.5) is 5.13 Å². The van der Waals surface area contributed by atoms with E-state index in [2.05, 4.69) is 45.8 Å². The number of thioether (sulfide) groups is 1. The summed E-state index contributed by atoms with van der Waals surface area (Å²) in [6.45, 7) is 4.80. The quantitative estimate of drug-likeness (QED) is 0.104. The maximum Gasteiger partial charge on any atom is 0.268 e. The third-order valence-electron chi connectivity index (χ3n) is 5.28. The van der Waals surface area contributed by atoms with Crippen molar-refractivity contribution in [3.05, 3.63) is 76.8 Å². The first kappa shape index (κ1) is 26.2. The molecule has 1 amide bonds. The number of nitrogens with zero attached hydrogens (tertiary/aromatic N) is 3. The molecule has 7 nitrogen and oxygen atoms in total. The van der Waals surface area contributed by atoms with E-state index in [4.69, 9.17) is 9.47 Å². The molecule has 4 aromatic rings. The van der Waals surface area contributed by atoms with Crippen molar-refractivity contribution in [2.45, 2.75) is 25.2 Å². The molecule has 0 bridgehead atoms. The Morgan fingerprint density at radius 3 is 2.70 bits per heavy atom. The maximum atomic E-state index is 12.6. The smallest absolute Gasteiger partial charge is 0.268 e. The maximum absolute atomic E-state index is 12.6. The average molecular weight is 531 g/mol. The van der Waals surface area contributed by atoms with E-state index >= 15 is 0 Å². The summed E-state index contributed by atoms with van der Waals surface area (Å²) < 4.78 is 11.8. The van der Waals surface area contributed by atoms with E-state index in [-0.39, 0.29) is 5.57 Å². The van der Waals surface area contributed by atoms with Crippen molar-refractivity contribution in [3.63, 3.8) is 0 Å². The number of nitrogens with one attached hydrogen (secondary N) is 1. The summed E-state index contributed by atoms with van der Waals surface area (Å²) in [5, 5.41) is 23.7. The molecule has 0 fully saturated rings. The van der Waals surface area contributed by atoms with Gasteiger partial charge in [0.25, 0.3) is 5.91 Å². The highest BCUT2D eigenvalue weighted by atomic mass is 32.2. The van der Waals surface area contributed by atoms with Crippen molar-refractivity contribution in [1.29, 1.82) is 5.26 Å². The molecule has 0 aliphatic rings. The van der Waals surface area contributed by atoms with Gasteiger partial charge in [-0.3, -0.25) is 10.1 Å². The van der Waals surface area contributed by atoms with Crippen LogP contribution in [0.1, 0.15) is 24.4 Å². The number of hydrogen-bond acceptors (Lipinski definition) is 8. The molecule has 0 spiro atoms. The zero-order chi connectivity index (χ0) is 26.0. The summed E-state index contributed by atoms with van der Waals surface area (Å²) >= 11 is 3.03. The standard InChI is InChI=1S/C28H26N4O3S2/c1-3-26-31-32-28(37-26)30-27(33)21(18-29)16-19-12-13-23(24(17-19)34-4-2)35-14-15-36-25-11-7-9-20-8-5-6-10-22(20)25/h5-13,16-17H,3-4,14-15H2,1-2H3,(H,30,32,33). The van der Waals surface area contributed by atoms with Crippen LogP contribution in [-0.4, -0.2) is 35.1 Å². The van der Waals surface area contributed by atoms with Gasteiger partial charge in [-0.1, -0.05) is 60.7 Å². The van der Waals surface area contributed by atoms with Gasteiger partial charge in [-0.05, 0) is 54.0 Å². The highest BCUT2D eigenvalue weighted by Gasteiger charge is 2.14. The minimum atomic E-state index is -0.537. The van der Waals surface area contributed by atoms with E-state index in [0.717, 1.165) is 17.2 Å². The van der Waals surface area contributed by atoms with Gasteiger partial charge >= 0.3 is 0 Å². The summed E-state index contributed by atoms with van der Waals surface area (Å²) in [5.74, 6) is 1.40. The summed E-state index contributed by atoms with van der Waals surface area (Å²) in [4.78, 5) is 13.8. The average Bonchev–Trinajstić information content (AvgIpc) is 3.38. The molecule has 0 aliphatic carbocycles. The minimum Gasteiger partial charge on any atom is -0.490 e. The van der Waals surface area contributed by atoms with Gasteiger partial charge in [0.05, 0.1) is 13.2 Å². The lowest BCUT2D eigenvalue weighted by Gasteiger charge is -2.13. The van der Waals surface area contributed by atoms with E-state index < -0.39 is 5.91 Å². The van der Waals surface area contributed by atoms with E-state index in [1.165, 1.54) is 33.1 Å². The van der Waals surface area contributed by atoms with Crippen molar-refractivity contribution < 1.29 is 14.3 Å². The Bertz CT molecular complexity index is 1450. The number of aromatic nitrogens is 2. The Labute approximate surface area is 224 Å². The molecule has 3 aromatic carbocycles. The summed E-state index contributed by atoms with van der Waals surface area (Å²) in [6.07, 6.45) is 2.24. The van der Waals surface area contributed by atoms with E-state index in [1.54, 1.807) is 30.0 Å². The van der Waals surface area contributed by atoms with Crippen LogP contribution < -0.4 is 14.8 Å². The van der Waals surface area contributed by atoms with Crippen molar-refractivity contribution >= 4 is 51.0 Å². The number of carbonyl (C=O) groups is 1. The van der Waals surface area contributed by atoms with Gasteiger partial charge in [0.15, 0.2) is 11.5 Å². The van der Waals surface area contributed by atoms with Crippen molar-refractivity contribution in [3.8, 4) is 17.6 Å². The first-order valence-electron chi connectivity index (χ1n) is 11.9. The topological polar surface area (TPSA) is 97.1 Å². The van der Waals surface area contributed by atoms with Crippen LogP contribution in [0, 0.1) is 11.3 Å². The number of carbonyl (C=O) groups excluding carboxylic acids is 1. The molecular formula is C28H26N4O3S2. The Morgan fingerprint density at radius 1 is 1.08 bits per heavy atom. The van der Waals surface area contributed by atoms with Crippen LogP contribution in [0.25, 0.3) is 16.8 Å².